The lowest BCUT2D eigenvalue weighted by Crippen LogP contribution is -2.37. The Morgan fingerprint density at radius 2 is 1.36 bits per heavy atom. The maximum Gasteiger partial charge on any atom is 0.416 e. The molecule has 0 bridgehead atoms. The quantitative estimate of drug-likeness (QED) is 0.239. The Kier molecular flexibility index (Phi) is 11.7. The molecule has 1 aromatic rings. The number of benzene rings is 1. The van der Waals surface area contributed by atoms with Gasteiger partial charge in [-0.1, -0.05) is 57.6 Å². The van der Waals surface area contributed by atoms with E-state index in [1.165, 1.54) is 44.2 Å². The largest absolute Gasteiger partial charge is 0.416 e. The first kappa shape index (κ1) is 24.9. The molecule has 28 heavy (non-hydrogen) atoms. The predicted octanol–water partition coefficient (Wildman–Crippen LogP) is 6.74. The van der Waals surface area contributed by atoms with Crippen LogP contribution in [-0.4, -0.2) is 26.8 Å². The van der Waals surface area contributed by atoms with Crippen LogP contribution in [0.5, 0.6) is 0 Å². The number of hydrogen-bond acceptors (Lipinski definition) is 3. The number of unbranched alkanes of at least 4 members (excludes halogenated alkanes) is 6. The van der Waals surface area contributed by atoms with E-state index in [2.05, 4.69) is 6.92 Å². The van der Waals surface area contributed by atoms with E-state index in [-0.39, 0.29) is 0 Å². The molecule has 0 saturated carbocycles. The lowest BCUT2D eigenvalue weighted by atomic mass is 10.1. The zero-order chi connectivity index (χ0) is 20.9. The van der Waals surface area contributed by atoms with Crippen molar-refractivity contribution in [1.29, 1.82) is 0 Å². The zero-order valence-corrected chi connectivity index (χ0v) is 17.4. The molecule has 0 atom stereocenters. The minimum atomic E-state index is -4.30. The van der Waals surface area contributed by atoms with Crippen LogP contribution in [0.15, 0.2) is 24.3 Å². The van der Waals surface area contributed by atoms with Crippen molar-refractivity contribution in [2.75, 3.05) is 20.8 Å². The van der Waals surface area contributed by atoms with Crippen molar-refractivity contribution in [3.05, 3.63) is 35.4 Å². The summed E-state index contributed by atoms with van der Waals surface area (Å²) >= 11 is 0. The Bertz CT molecular complexity index is 511. The van der Waals surface area contributed by atoms with Gasteiger partial charge in [-0.2, -0.15) is 13.2 Å². The van der Waals surface area contributed by atoms with Crippen molar-refractivity contribution in [2.24, 2.45) is 0 Å². The van der Waals surface area contributed by atoms with Crippen molar-refractivity contribution >= 4 is 0 Å². The van der Waals surface area contributed by atoms with Gasteiger partial charge in [-0.25, -0.2) is 0 Å². The molecule has 1 rings (SSSR count). The Balaban J connectivity index is 2.32. The fraction of sp³-hybridized carbons (Fsp3) is 0.727. The molecule has 0 aromatic heterocycles. The minimum Gasteiger partial charge on any atom is -0.331 e. The van der Waals surface area contributed by atoms with E-state index in [1.54, 1.807) is 14.2 Å². The summed E-state index contributed by atoms with van der Waals surface area (Å²) in [7, 11) is 3.14. The highest BCUT2D eigenvalue weighted by Gasteiger charge is 2.31. The summed E-state index contributed by atoms with van der Waals surface area (Å²) in [6.07, 6.45) is 6.06. The normalized spacial score (nSPS) is 12.5. The SMILES string of the molecule is CCCCCCCCCC(OC)(OC)OCCCc1ccc(C(F)(F)F)cc1. The van der Waals surface area contributed by atoms with Crippen molar-refractivity contribution in [3.63, 3.8) is 0 Å². The number of ether oxygens (including phenoxy) is 3. The molecule has 6 heteroatoms. The molecule has 0 aliphatic heterocycles. The summed E-state index contributed by atoms with van der Waals surface area (Å²) in [5.41, 5.74) is 0.226. The van der Waals surface area contributed by atoms with Crippen LogP contribution in [-0.2, 0) is 26.8 Å². The third kappa shape index (κ3) is 9.39. The third-order valence-corrected chi connectivity index (χ3v) is 4.92. The third-order valence-electron chi connectivity index (χ3n) is 4.92. The Morgan fingerprint density at radius 1 is 0.786 bits per heavy atom. The standard InChI is InChI=1S/C22H35F3O3/c1-4-5-6-7-8-9-10-17-21(26-2,27-3)28-18-11-12-19-13-15-20(16-14-19)22(23,24)25/h13-16H,4-12,17-18H2,1-3H3. The second kappa shape index (κ2) is 13.2. The summed E-state index contributed by atoms with van der Waals surface area (Å²) < 4.78 is 54.6. The fourth-order valence-electron chi connectivity index (χ4n) is 3.14. The molecule has 0 N–H and O–H groups in total. The molecule has 0 radical (unpaired) electrons. The van der Waals surface area contributed by atoms with Gasteiger partial charge in [0.15, 0.2) is 0 Å². The van der Waals surface area contributed by atoms with Crippen molar-refractivity contribution in [3.8, 4) is 0 Å². The Morgan fingerprint density at radius 3 is 1.89 bits per heavy atom. The van der Waals surface area contributed by atoms with E-state index in [0.717, 1.165) is 30.5 Å². The van der Waals surface area contributed by atoms with E-state index >= 15 is 0 Å². The smallest absolute Gasteiger partial charge is 0.331 e. The van der Waals surface area contributed by atoms with Gasteiger partial charge in [0.1, 0.15) is 0 Å². The lowest BCUT2D eigenvalue weighted by Gasteiger charge is -2.30. The summed E-state index contributed by atoms with van der Waals surface area (Å²) in [5, 5.41) is 0. The van der Waals surface area contributed by atoms with Gasteiger partial charge in [0.2, 0.25) is 0 Å². The van der Waals surface area contributed by atoms with Gasteiger partial charge < -0.3 is 14.2 Å². The van der Waals surface area contributed by atoms with Gasteiger partial charge in [0.25, 0.3) is 5.97 Å². The molecule has 0 heterocycles. The van der Waals surface area contributed by atoms with Crippen molar-refractivity contribution < 1.29 is 27.4 Å². The summed E-state index contributed by atoms with van der Waals surface area (Å²) in [6, 6.07) is 5.26. The lowest BCUT2D eigenvalue weighted by molar-refractivity contribution is -0.365. The number of alkyl halides is 3. The van der Waals surface area contributed by atoms with Gasteiger partial charge in [-0.3, -0.25) is 0 Å². The van der Waals surface area contributed by atoms with Crippen LogP contribution in [0.4, 0.5) is 13.2 Å². The second-order valence-corrected chi connectivity index (χ2v) is 7.11. The number of rotatable bonds is 15. The maximum absolute atomic E-state index is 12.6. The maximum atomic E-state index is 12.6. The summed E-state index contributed by atoms with van der Waals surface area (Å²) in [6.45, 7) is 2.62. The van der Waals surface area contributed by atoms with E-state index in [1.807, 2.05) is 0 Å². The molecule has 3 nitrogen and oxygen atoms in total. The van der Waals surface area contributed by atoms with Crippen LogP contribution >= 0.6 is 0 Å². The van der Waals surface area contributed by atoms with Crippen LogP contribution in [0, 0.1) is 0 Å². The number of aryl methyl sites for hydroxylation is 1. The van der Waals surface area contributed by atoms with Crippen LogP contribution in [0.1, 0.15) is 75.8 Å². The number of hydrogen-bond donors (Lipinski definition) is 0. The average molecular weight is 405 g/mol. The first-order valence-electron chi connectivity index (χ1n) is 10.3. The molecular formula is C22H35F3O3. The van der Waals surface area contributed by atoms with Crippen LogP contribution in [0.3, 0.4) is 0 Å². The molecule has 0 aliphatic rings. The topological polar surface area (TPSA) is 27.7 Å². The van der Waals surface area contributed by atoms with E-state index < -0.39 is 17.7 Å². The summed E-state index contributed by atoms with van der Waals surface area (Å²) in [5.74, 6) is -1.04. The van der Waals surface area contributed by atoms with Crippen molar-refractivity contribution in [2.45, 2.75) is 83.3 Å². The molecular weight excluding hydrogens is 369 g/mol. The molecule has 0 aliphatic carbocycles. The van der Waals surface area contributed by atoms with E-state index in [4.69, 9.17) is 14.2 Å². The van der Waals surface area contributed by atoms with E-state index in [9.17, 15) is 13.2 Å². The van der Waals surface area contributed by atoms with Gasteiger partial charge in [-0.15, -0.1) is 0 Å². The number of halogens is 3. The number of methoxy groups -OCH3 is 2. The monoisotopic (exact) mass is 404 g/mol. The predicted molar refractivity (Wildman–Crippen MR) is 105 cm³/mol. The van der Waals surface area contributed by atoms with Gasteiger partial charge >= 0.3 is 6.18 Å². The first-order valence-corrected chi connectivity index (χ1v) is 10.3. The Hall–Kier alpha value is -1.11. The average Bonchev–Trinajstić information content (AvgIpc) is 2.69. The molecule has 162 valence electrons. The summed E-state index contributed by atoms with van der Waals surface area (Å²) in [4.78, 5) is 0. The second-order valence-electron chi connectivity index (χ2n) is 7.11. The van der Waals surface area contributed by atoms with Gasteiger partial charge in [0.05, 0.1) is 12.2 Å². The zero-order valence-electron chi connectivity index (χ0n) is 17.4. The molecule has 0 saturated heterocycles. The van der Waals surface area contributed by atoms with Gasteiger partial charge in [-0.05, 0) is 37.0 Å². The molecule has 0 unspecified atom stereocenters. The highest BCUT2D eigenvalue weighted by Crippen LogP contribution is 2.29. The fourth-order valence-corrected chi connectivity index (χ4v) is 3.14. The van der Waals surface area contributed by atoms with Gasteiger partial charge in [0, 0.05) is 20.6 Å². The molecule has 0 amide bonds. The first-order chi connectivity index (χ1) is 13.4. The minimum absolute atomic E-state index is 0.416. The van der Waals surface area contributed by atoms with E-state index in [0.29, 0.717) is 25.9 Å². The van der Waals surface area contributed by atoms with Crippen molar-refractivity contribution in [1.82, 2.24) is 0 Å². The molecule has 0 spiro atoms. The van der Waals surface area contributed by atoms with Crippen LogP contribution in [0.2, 0.25) is 0 Å². The molecule has 0 fully saturated rings. The molecule has 1 aromatic carbocycles. The Labute approximate surface area is 167 Å². The van der Waals surface area contributed by atoms with Crippen LogP contribution < -0.4 is 0 Å². The highest BCUT2D eigenvalue weighted by molar-refractivity contribution is 5.24. The highest BCUT2D eigenvalue weighted by atomic mass is 19.4. The van der Waals surface area contributed by atoms with Crippen LogP contribution in [0.25, 0.3) is 0 Å².